The van der Waals surface area contributed by atoms with Crippen molar-refractivity contribution in [2.45, 2.75) is 19.3 Å². The molecule has 1 fully saturated rings. The van der Waals surface area contributed by atoms with Crippen molar-refractivity contribution in [3.05, 3.63) is 43.9 Å². The van der Waals surface area contributed by atoms with Gasteiger partial charge in [-0.15, -0.1) is 11.3 Å². The number of piperidine rings is 1. The smallest absolute Gasteiger partial charge is 0.409 e. The second-order valence-corrected chi connectivity index (χ2v) is 5.56. The van der Waals surface area contributed by atoms with Crippen LogP contribution in [0.3, 0.4) is 0 Å². The summed E-state index contributed by atoms with van der Waals surface area (Å²) in [5.74, 6) is -2.29. The van der Waals surface area contributed by atoms with Gasteiger partial charge in [0.1, 0.15) is 0 Å². The van der Waals surface area contributed by atoms with Gasteiger partial charge in [0.2, 0.25) is 5.78 Å². The van der Waals surface area contributed by atoms with E-state index in [2.05, 4.69) is 0 Å². The predicted molar refractivity (Wildman–Crippen MR) is 75.7 cm³/mol. The Kier molecular flexibility index (Phi) is 4.69. The monoisotopic (exact) mass is 310 g/mol. The number of aliphatic carboxylic acids is 1. The van der Waals surface area contributed by atoms with Crippen LogP contribution in [-0.2, 0) is 4.79 Å². The lowest BCUT2D eigenvalue weighted by atomic mass is 10.1. The molecule has 1 saturated heterocycles. The van der Waals surface area contributed by atoms with Crippen molar-refractivity contribution in [2.75, 3.05) is 13.1 Å². The van der Waals surface area contributed by atoms with E-state index in [1.54, 1.807) is 11.4 Å². The number of nitro groups is 1. The molecule has 0 radical (unpaired) electrons. The van der Waals surface area contributed by atoms with E-state index in [1.807, 2.05) is 0 Å². The van der Waals surface area contributed by atoms with E-state index < -0.39 is 22.4 Å². The highest BCUT2D eigenvalue weighted by molar-refractivity contribution is 7.12. The Balaban J connectivity index is 2.52. The fraction of sp³-hybridized carbons (Fsp3) is 0.385. The van der Waals surface area contributed by atoms with Crippen LogP contribution in [0.1, 0.15) is 28.9 Å². The lowest BCUT2D eigenvalue weighted by Crippen LogP contribution is -2.36. The Hall–Kier alpha value is -2.22. The molecule has 1 aromatic rings. The van der Waals surface area contributed by atoms with Gasteiger partial charge < -0.3 is 10.0 Å². The van der Waals surface area contributed by atoms with E-state index in [1.165, 1.54) is 11.0 Å². The average Bonchev–Trinajstić information content (AvgIpc) is 2.98. The van der Waals surface area contributed by atoms with Crippen molar-refractivity contribution in [3.63, 3.8) is 0 Å². The topological polar surface area (TPSA) is 101 Å². The van der Waals surface area contributed by atoms with E-state index in [4.69, 9.17) is 5.11 Å². The maximum atomic E-state index is 12.5. The summed E-state index contributed by atoms with van der Waals surface area (Å²) in [5, 5.41) is 21.9. The SMILES string of the molecule is O=C(O)/C(=C(/C(=O)c1cccs1)N1CCCCC1)[N+](=O)[O-]. The molecule has 1 aliphatic heterocycles. The van der Waals surface area contributed by atoms with Crippen LogP contribution in [0.25, 0.3) is 0 Å². The van der Waals surface area contributed by atoms with E-state index in [0.717, 1.165) is 30.6 Å². The van der Waals surface area contributed by atoms with Gasteiger partial charge >= 0.3 is 11.7 Å². The number of carboxylic acids is 1. The summed E-state index contributed by atoms with van der Waals surface area (Å²) in [6.07, 6.45) is 2.54. The number of carbonyl (C=O) groups is 2. The van der Waals surface area contributed by atoms with Gasteiger partial charge in [-0.25, -0.2) is 4.79 Å². The van der Waals surface area contributed by atoms with Crippen LogP contribution >= 0.6 is 11.3 Å². The van der Waals surface area contributed by atoms with Crippen molar-refractivity contribution >= 4 is 23.1 Å². The van der Waals surface area contributed by atoms with Gasteiger partial charge in [-0.2, -0.15) is 0 Å². The standard InChI is InChI=1S/C13H14N2O5S/c16-12(9-5-4-8-21-9)10(11(13(17)18)15(19)20)14-6-2-1-3-7-14/h4-5,8H,1-3,6-7H2,(H,17,18)/b11-10+. The van der Waals surface area contributed by atoms with Crippen molar-refractivity contribution in [2.24, 2.45) is 0 Å². The molecular formula is C13H14N2O5S. The Morgan fingerprint density at radius 1 is 1.29 bits per heavy atom. The summed E-state index contributed by atoms with van der Waals surface area (Å²) in [5.41, 5.74) is -1.36. The Labute approximate surface area is 124 Å². The number of likely N-dealkylation sites (tertiary alicyclic amines) is 1. The molecule has 1 aromatic heterocycles. The molecule has 8 heteroatoms. The second kappa shape index (κ2) is 6.49. The van der Waals surface area contributed by atoms with Crippen molar-refractivity contribution in [1.82, 2.24) is 4.90 Å². The molecule has 0 atom stereocenters. The quantitative estimate of drug-likeness (QED) is 0.386. The zero-order chi connectivity index (χ0) is 15.4. The van der Waals surface area contributed by atoms with E-state index in [-0.39, 0.29) is 5.70 Å². The van der Waals surface area contributed by atoms with Gasteiger partial charge in [-0.3, -0.25) is 14.9 Å². The zero-order valence-electron chi connectivity index (χ0n) is 11.2. The van der Waals surface area contributed by atoms with Crippen molar-refractivity contribution in [3.8, 4) is 0 Å². The number of nitrogens with zero attached hydrogens (tertiary/aromatic N) is 2. The van der Waals surface area contributed by atoms with Gasteiger partial charge in [0.15, 0.2) is 5.70 Å². The third-order valence-corrected chi connectivity index (χ3v) is 4.11. The molecule has 2 heterocycles. The molecule has 0 aromatic carbocycles. The summed E-state index contributed by atoms with van der Waals surface area (Å²) < 4.78 is 0. The number of carbonyl (C=O) groups excluding carboxylic acids is 1. The molecule has 1 aliphatic rings. The van der Waals surface area contributed by atoms with Gasteiger partial charge in [-0.05, 0) is 30.7 Å². The zero-order valence-corrected chi connectivity index (χ0v) is 12.0. The van der Waals surface area contributed by atoms with E-state index >= 15 is 0 Å². The molecule has 0 unspecified atom stereocenters. The normalized spacial score (nSPS) is 16.3. The highest BCUT2D eigenvalue weighted by atomic mass is 32.1. The maximum Gasteiger partial charge on any atom is 0.409 e. The number of carboxylic acid groups (broad SMARTS) is 1. The maximum absolute atomic E-state index is 12.5. The van der Waals surface area contributed by atoms with E-state index in [9.17, 15) is 19.7 Å². The van der Waals surface area contributed by atoms with Gasteiger partial charge in [0.25, 0.3) is 0 Å². The molecule has 2 rings (SSSR count). The van der Waals surface area contributed by atoms with Crippen molar-refractivity contribution < 1.29 is 19.6 Å². The van der Waals surface area contributed by atoms with Crippen LogP contribution in [0.2, 0.25) is 0 Å². The number of thiophene rings is 1. The number of hydrogen-bond acceptors (Lipinski definition) is 6. The minimum Gasteiger partial charge on any atom is -0.473 e. The molecular weight excluding hydrogens is 296 g/mol. The molecule has 0 spiro atoms. The lowest BCUT2D eigenvalue weighted by molar-refractivity contribution is -0.422. The molecule has 0 aliphatic carbocycles. The number of Topliss-reactive ketones (excluding diaryl/α,β-unsaturated/α-hetero) is 1. The van der Waals surface area contributed by atoms with Crippen LogP contribution in [0.4, 0.5) is 0 Å². The third-order valence-electron chi connectivity index (χ3n) is 3.24. The van der Waals surface area contributed by atoms with Gasteiger partial charge in [-0.1, -0.05) is 6.07 Å². The van der Waals surface area contributed by atoms with Crippen LogP contribution in [-0.4, -0.2) is 39.8 Å². The summed E-state index contributed by atoms with van der Waals surface area (Å²) in [6.45, 7) is 0.911. The van der Waals surface area contributed by atoms with Gasteiger partial charge in [0.05, 0.1) is 9.80 Å². The first-order valence-electron chi connectivity index (χ1n) is 6.47. The predicted octanol–water partition coefficient (Wildman–Crippen LogP) is 1.99. The highest BCUT2D eigenvalue weighted by Crippen LogP contribution is 2.24. The molecule has 1 N–H and O–H groups in total. The molecule has 7 nitrogen and oxygen atoms in total. The number of rotatable bonds is 5. The second-order valence-electron chi connectivity index (χ2n) is 4.61. The first-order chi connectivity index (χ1) is 10.0. The summed E-state index contributed by atoms with van der Waals surface area (Å²) in [6, 6.07) is 3.19. The number of hydrogen-bond donors (Lipinski definition) is 1. The molecule has 0 saturated carbocycles. The lowest BCUT2D eigenvalue weighted by Gasteiger charge is -2.29. The van der Waals surface area contributed by atoms with E-state index in [0.29, 0.717) is 18.0 Å². The largest absolute Gasteiger partial charge is 0.473 e. The minimum atomic E-state index is -1.69. The van der Waals surface area contributed by atoms with Crippen LogP contribution in [0, 0.1) is 10.1 Å². The summed E-state index contributed by atoms with van der Waals surface area (Å²) in [7, 11) is 0. The van der Waals surface area contributed by atoms with Crippen LogP contribution in [0.5, 0.6) is 0 Å². The number of allylic oxidation sites excluding steroid dienone is 1. The average molecular weight is 310 g/mol. The Morgan fingerprint density at radius 2 is 1.95 bits per heavy atom. The molecule has 0 bridgehead atoms. The Morgan fingerprint density at radius 3 is 2.43 bits per heavy atom. The Bertz CT molecular complexity index is 572. The fourth-order valence-electron chi connectivity index (χ4n) is 2.31. The summed E-state index contributed by atoms with van der Waals surface area (Å²) >= 11 is 1.14. The fourth-order valence-corrected chi connectivity index (χ4v) is 2.97. The van der Waals surface area contributed by atoms with Crippen LogP contribution < -0.4 is 0 Å². The third kappa shape index (κ3) is 3.27. The summed E-state index contributed by atoms with van der Waals surface area (Å²) in [4.78, 5) is 35.7. The molecule has 21 heavy (non-hydrogen) atoms. The molecule has 112 valence electrons. The highest BCUT2D eigenvalue weighted by Gasteiger charge is 2.36. The molecule has 0 amide bonds. The van der Waals surface area contributed by atoms with Crippen LogP contribution in [0.15, 0.2) is 28.9 Å². The first-order valence-corrected chi connectivity index (χ1v) is 7.35. The first kappa shape index (κ1) is 15.2. The van der Waals surface area contributed by atoms with Gasteiger partial charge in [0, 0.05) is 13.1 Å². The van der Waals surface area contributed by atoms with Crippen molar-refractivity contribution in [1.29, 1.82) is 0 Å². The minimum absolute atomic E-state index is 0.302. The number of ketones is 1.